The molecule has 8 nitrogen and oxygen atoms in total. The van der Waals surface area contributed by atoms with Crippen molar-refractivity contribution in [2.45, 2.75) is 23.1 Å². The van der Waals surface area contributed by atoms with Gasteiger partial charge in [0, 0.05) is 13.1 Å². The van der Waals surface area contributed by atoms with Gasteiger partial charge in [0.25, 0.3) is 0 Å². The van der Waals surface area contributed by atoms with Crippen molar-refractivity contribution in [2.24, 2.45) is 5.14 Å². The number of rotatable bonds is 9. The van der Waals surface area contributed by atoms with Crippen molar-refractivity contribution in [1.29, 1.82) is 0 Å². The van der Waals surface area contributed by atoms with Crippen molar-refractivity contribution in [1.82, 2.24) is 20.1 Å². The van der Waals surface area contributed by atoms with Gasteiger partial charge in [-0.3, -0.25) is 9.36 Å². The summed E-state index contributed by atoms with van der Waals surface area (Å²) in [4.78, 5) is 13.2. The average Bonchev–Trinajstić information content (AvgIpc) is 3.34. The van der Waals surface area contributed by atoms with Gasteiger partial charge in [-0.1, -0.05) is 36.0 Å². The van der Waals surface area contributed by atoms with Crippen LogP contribution in [0.4, 0.5) is 0 Å². The monoisotopic (exact) mass is 449 g/mol. The predicted octanol–water partition coefficient (Wildman–Crippen LogP) is 2.25. The van der Waals surface area contributed by atoms with Crippen LogP contribution < -0.4 is 10.5 Å². The molecule has 3 rings (SSSR count). The third-order valence-electron chi connectivity index (χ3n) is 3.84. The lowest BCUT2D eigenvalue weighted by atomic mass is 10.2. The maximum atomic E-state index is 12.2. The zero-order valence-corrected chi connectivity index (χ0v) is 17.8. The highest BCUT2D eigenvalue weighted by atomic mass is 32.2. The summed E-state index contributed by atoms with van der Waals surface area (Å²) < 4.78 is 24.5. The molecule has 0 radical (unpaired) electrons. The molecule has 0 aliphatic heterocycles. The molecule has 29 heavy (non-hydrogen) atoms. The predicted molar refractivity (Wildman–Crippen MR) is 114 cm³/mol. The highest BCUT2D eigenvalue weighted by Crippen LogP contribution is 2.27. The summed E-state index contributed by atoms with van der Waals surface area (Å²) in [6.45, 7) is 4.60. The summed E-state index contributed by atoms with van der Waals surface area (Å²) in [5.41, 5.74) is 0.769. The van der Waals surface area contributed by atoms with Crippen LogP contribution in [0.2, 0.25) is 0 Å². The maximum Gasteiger partial charge on any atom is 0.238 e. The first-order valence-corrected chi connectivity index (χ1v) is 11.9. The lowest BCUT2D eigenvalue weighted by molar-refractivity contribution is -0.118. The van der Waals surface area contributed by atoms with E-state index in [1.165, 1.54) is 23.9 Å². The maximum absolute atomic E-state index is 12.2. The zero-order chi connectivity index (χ0) is 20.9. The average molecular weight is 450 g/mol. The van der Waals surface area contributed by atoms with E-state index in [0.29, 0.717) is 11.7 Å². The summed E-state index contributed by atoms with van der Waals surface area (Å²) >= 11 is 2.86. The number of sulfonamides is 1. The van der Waals surface area contributed by atoms with Crippen molar-refractivity contribution in [2.75, 3.05) is 5.75 Å². The third-order valence-corrected chi connectivity index (χ3v) is 6.61. The van der Waals surface area contributed by atoms with E-state index in [0.717, 1.165) is 16.3 Å². The summed E-state index contributed by atoms with van der Waals surface area (Å²) in [5.74, 6) is 0.753. The van der Waals surface area contributed by atoms with Gasteiger partial charge in [-0.15, -0.1) is 28.1 Å². The Bertz CT molecular complexity index is 1090. The highest BCUT2D eigenvalue weighted by molar-refractivity contribution is 7.99. The number of carbonyl (C=O) groups is 1. The van der Waals surface area contributed by atoms with E-state index in [4.69, 9.17) is 5.14 Å². The van der Waals surface area contributed by atoms with E-state index in [9.17, 15) is 13.2 Å². The molecule has 0 saturated carbocycles. The molecule has 2 aromatic heterocycles. The number of hydrogen-bond acceptors (Lipinski definition) is 7. The van der Waals surface area contributed by atoms with Crippen LogP contribution in [-0.4, -0.2) is 34.8 Å². The van der Waals surface area contributed by atoms with Gasteiger partial charge in [-0.2, -0.15) is 0 Å². The first-order chi connectivity index (χ1) is 13.9. The Balaban J connectivity index is 1.57. The molecule has 1 aromatic carbocycles. The lowest BCUT2D eigenvalue weighted by Crippen LogP contribution is -2.24. The number of nitrogens with two attached hydrogens (primary N) is 1. The van der Waals surface area contributed by atoms with Crippen LogP contribution in [0, 0.1) is 0 Å². The molecule has 2 heterocycles. The molecule has 3 N–H and O–H groups in total. The van der Waals surface area contributed by atoms with Crippen LogP contribution in [0.25, 0.3) is 10.7 Å². The van der Waals surface area contributed by atoms with Gasteiger partial charge in [0.2, 0.25) is 15.9 Å². The number of aromatic nitrogens is 3. The molecule has 1 amide bonds. The van der Waals surface area contributed by atoms with Crippen molar-refractivity contribution >= 4 is 39.0 Å². The van der Waals surface area contributed by atoms with Gasteiger partial charge < -0.3 is 5.32 Å². The van der Waals surface area contributed by atoms with Crippen LogP contribution in [-0.2, 0) is 27.9 Å². The lowest BCUT2D eigenvalue weighted by Gasteiger charge is -2.08. The number of hydrogen-bond donors (Lipinski definition) is 2. The van der Waals surface area contributed by atoms with Crippen molar-refractivity contribution in [3.05, 3.63) is 60.0 Å². The number of thiophene rings is 1. The number of amides is 1. The SMILES string of the molecule is C=CCn1c(SCC(=O)NCc2ccc(S(N)(=O)=O)cc2)nnc1-c1cccs1. The molecule has 3 aromatic rings. The third kappa shape index (κ3) is 5.54. The molecule has 0 fully saturated rings. The van der Waals surface area contributed by atoms with Gasteiger partial charge >= 0.3 is 0 Å². The van der Waals surface area contributed by atoms with Crippen LogP contribution in [0.15, 0.2) is 64.5 Å². The molecule has 0 unspecified atom stereocenters. The summed E-state index contributed by atoms with van der Waals surface area (Å²) in [7, 11) is -3.73. The summed E-state index contributed by atoms with van der Waals surface area (Å²) in [6.07, 6.45) is 1.76. The van der Waals surface area contributed by atoms with Gasteiger partial charge in [-0.25, -0.2) is 13.6 Å². The van der Waals surface area contributed by atoms with E-state index in [2.05, 4.69) is 22.1 Å². The second kappa shape index (κ2) is 9.35. The minimum Gasteiger partial charge on any atom is -0.351 e. The molecular formula is C18H19N5O3S3. The van der Waals surface area contributed by atoms with Gasteiger partial charge in [0.1, 0.15) is 0 Å². The fourth-order valence-corrected chi connectivity index (χ4v) is 4.47. The Morgan fingerprint density at radius 2 is 2.03 bits per heavy atom. The standard InChI is InChI=1S/C18H19N5O3S3/c1-2-9-23-17(15-4-3-10-27-15)21-22-18(23)28-12-16(24)20-11-13-5-7-14(8-6-13)29(19,25)26/h2-8,10H,1,9,11-12H2,(H,20,24)(H2,19,25,26). The number of benzene rings is 1. The first kappa shape index (κ1) is 21.2. The molecule has 11 heteroatoms. The Kier molecular flexibility index (Phi) is 6.85. The van der Waals surface area contributed by atoms with Crippen LogP contribution in [0.5, 0.6) is 0 Å². The van der Waals surface area contributed by atoms with Crippen molar-refractivity contribution in [3.8, 4) is 10.7 Å². The van der Waals surface area contributed by atoms with Crippen LogP contribution >= 0.6 is 23.1 Å². The fourth-order valence-electron chi connectivity index (χ4n) is 2.46. The van der Waals surface area contributed by atoms with Crippen LogP contribution in [0.1, 0.15) is 5.56 Å². The van der Waals surface area contributed by atoms with Gasteiger partial charge in [0.15, 0.2) is 11.0 Å². The number of thioether (sulfide) groups is 1. The van der Waals surface area contributed by atoms with E-state index in [1.807, 2.05) is 22.1 Å². The molecule has 0 spiro atoms. The number of allylic oxidation sites excluding steroid dienone is 1. The van der Waals surface area contributed by atoms with Gasteiger partial charge in [-0.05, 0) is 29.1 Å². The largest absolute Gasteiger partial charge is 0.351 e. The second-order valence-electron chi connectivity index (χ2n) is 5.94. The molecule has 0 bridgehead atoms. The Morgan fingerprint density at radius 1 is 1.28 bits per heavy atom. The van der Waals surface area contributed by atoms with E-state index in [-0.39, 0.29) is 23.1 Å². The topological polar surface area (TPSA) is 120 Å². The highest BCUT2D eigenvalue weighted by Gasteiger charge is 2.15. The van der Waals surface area contributed by atoms with Crippen molar-refractivity contribution in [3.63, 3.8) is 0 Å². The molecule has 0 aliphatic rings. The number of carbonyl (C=O) groups excluding carboxylic acids is 1. The molecule has 0 saturated heterocycles. The summed E-state index contributed by atoms with van der Waals surface area (Å²) in [5, 5.41) is 18.9. The molecule has 0 aliphatic carbocycles. The minimum atomic E-state index is -3.73. The molecule has 0 atom stereocenters. The Morgan fingerprint density at radius 3 is 2.66 bits per heavy atom. The summed E-state index contributed by atoms with van der Waals surface area (Å²) in [6, 6.07) is 9.96. The fraction of sp³-hybridized carbons (Fsp3) is 0.167. The Labute approximate surface area is 176 Å². The Hall–Kier alpha value is -2.47. The smallest absolute Gasteiger partial charge is 0.238 e. The first-order valence-electron chi connectivity index (χ1n) is 8.47. The van der Waals surface area contributed by atoms with Gasteiger partial charge in [0.05, 0.1) is 15.5 Å². The van der Waals surface area contributed by atoms with Crippen LogP contribution in [0.3, 0.4) is 0 Å². The normalized spacial score (nSPS) is 11.3. The molecular weight excluding hydrogens is 430 g/mol. The minimum absolute atomic E-state index is 0.0335. The molecule has 152 valence electrons. The van der Waals surface area contributed by atoms with E-state index in [1.54, 1.807) is 29.5 Å². The number of primary sulfonamides is 1. The number of nitrogens with one attached hydrogen (secondary N) is 1. The van der Waals surface area contributed by atoms with E-state index < -0.39 is 10.0 Å². The quantitative estimate of drug-likeness (QED) is 0.382. The van der Waals surface area contributed by atoms with Crippen molar-refractivity contribution < 1.29 is 13.2 Å². The van der Waals surface area contributed by atoms with E-state index >= 15 is 0 Å². The zero-order valence-electron chi connectivity index (χ0n) is 15.3. The second-order valence-corrected chi connectivity index (χ2v) is 9.39. The number of nitrogens with zero attached hydrogens (tertiary/aromatic N) is 3.